The number of amides is 1. The van der Waals surface area contributed by atoms with Gasteiger partial charge in [0.25, 0.3) is 0 Å². The monoisotopic (exact) mass is 552 g/mol. The molecule has 8 nitrogen and oxygen atoms in total. The molecular formula is C28H29ClN4O4S. The number of fused-ring (bicyclic) bond motifs is 1. The summed E-state index contributed by atoms with van der Waals surface area (Å²) in [4.78, 5) is 20.1. The SMILES string of the molecule is Cc1cc(Cl)cc(N2C(=O)CC[C@H]2c2nc3cc(-c4c(C)noc4C)ccc3n2C2CCS(=O)(=O)CC2)c1. The summed E-state index contributed by atoms with van der Waals surface area (Å²) in [5.74, 6) is 1.84. The van der Waals surface area contributed by atoms with Crippen LogP contribution in [0.3, 0.4) is 0 Å². The second kappa shape index (κ2) is 9.24. The number of aromatic nitrogens is 3. The maximum Gasteiger partial charge on any atom is 0.227 e. The molecule has 10 heteroatoms. The molecule has 2 saturated heterocycles. The zero-order valence-electron chi connectivity index (χ0n) is 21.6. The van der Waals surface area contributed by atoms with Crippen molar-refractivity contribution in [2.45, 2.75) is 58.5 Å². The predicted octanol–water partition coefficient (Wildman–Crippen LogP) is 5.89. The summed E-state index contributed by atoms with van der Waals surface area (Å²) in [5.41, 5.74) is 6.17. The molecule has 2 fully saturated rings. The lowest BCUT2D eigenvalue weighted by Gasteiger charge is -2.30. The fourth-order valence-corrected chi connectivity index (χ4v) is 7.78. The topological polar surface area (TPSA) is 98.3 Å². The van der Waals surface area contributed by atoms with Crippen LogP contribution in [0.15, 0.2) is 40.9 Å². The molecule has 38 heavy (non-hydrogen) atoms. The van der Waals surface area contributed by atoms with Crippen molar-refractivity contribution >= 4 is 44.1 Å². The van der Waals surface area contributed by atoms with Gasteiger partial charge in [0.2, 0.25) is 5.91 Å². The van der Waals surface area contributed by atoms with E-state index in [1.165, 1.54) is 0 Å². The van der Waals surface area contributed by atoms with E-state index in [-0.39, 0.29) is 29.5 Å². The molecule has 1 atom stereocenters. The largest absolute Gasteiger partial charge is 0.361 e. The van der Waals surface area contributed by atoms with E-state index >= 15 is 0 Å². The molecule has 4 heterocycles. The smallest absolute Gasteiger partial charge is 0.227 e. The summed E-state index contributed by atoms with van der Waals surface area (Å²) in [6.45, 7) is 5.76. The van der Waals surface area contributed by atoms with E-state index < -0.39 is 9.84 Å². The highest BCUT2D eigenvalue weighted by Gasteiger charge is 2.39. The Hall–Kier alpha value is -3.17. The Balaban J connectivity index is 1.52. The lowest BCUT2D eigenvalue weighted by molar-refractivity contribution is -0.117. The highest BCUT2D eigenvalue weighted by atomic mass is 35.5. The van der Waals surface area contributed by atoms with Gasteiger partial charge in [-0.05, 0) is 81.5 Å². The minimum absolute atomic E-state index is 0.0258. The Morgan fingerprint density at radius 1 is 1.03 bits per heavy atom. The van der Waals surface area contributed by atoms with Crippen molar-refractivity contribution in [3.05, 3.63) is 64.3 Å². The van der Waals surface area contributed by atoms with Crippen LogP contribution in [0.5, 0.6) is 0 Å². The van der Waals surface area contributed by atoms with Gasteiger partial charge in [-0.3, -0.25) is 4.79 Å². The molecule has 0 N–H and O–H groups in total. The summed E-state index contributed by atoms with van der Waals surface area (Å²) >= 11 is 6.38. The van der Waals surface area contributed by atoms with Gasteiger partial charge in [-0.15, -0.1) is 0 Å². The maximum absolute atomic E-state index is 13.2. The minimum atomic E-state index is -3.04. The van der Waals surface area contributed by atoms with Crippen LogP contribution in [0.1, 0.15) is 60.6 Å². The number of sulfone groups is 1. The van der Waals surface area contributed by atoms with Gasteiger partial charge in [0.05, 0.1) is 34.3 Å². The maximum atomic E-state index is 13.2. The predicted molar refractivity (Wildman–Crippen MR) is 147 cm³/mol. The molecule has 0 bridgehead atoms. The van der Waals surface area contributed by atoms with E-state index in [2.05, 4.69) is 9.72 Å². The quantitative estimate of drug-likeness (QED) is 0.313. The molecule has 2 aliphatic rings. The number of carbonyl (C=O) groups excluding carboxylic acids is 1. The molecule has 198 valence electrons. The second-order valence-electron chi connectivity index (χ2n) is 10.4. The van der Waals surface area contributed by atoms with Gasteiger partial charge >= 0.3 is 0 Å². The molecule has 0 spiro atoms. The average Bonchev–Trinajstić information content (AvgIpc) is 3.52. The Morgan fingerprint density at radius 2 is 1.79 bits per heavy atom. The van der Waals surface area contributed by atoms with Crippen molar-refractivity contribution in [2.75, 3.05) is 16.4 Å². The summed E-state index contributed by atoms with van der Waals surface area (Å²) < 4.78 is 32.1. The number of benzene rings is 2. The molecule has 0 saturated carbocycles. The summed E-state index contributed by atoms with van der Waals surface area (Å²) in [5, 5.41) is 4.68. The van der Waals surface area contributed by atoms with Crippen LogP contribution < -0.4 is 4.90 Å². The molecule has 6 rings (SSSR count). The molecule has 2 aliphatic heterocycles. The third-order valence-corrected chi connectivity index (χ3v) is 9.68. The van der Waals surface area contributed by atoms with Gasteiger partial charge < -0.3 is 14.0 Å². The Morgan fingerprint density at radius 3 is 2.47 bits per heavy atom. The number of nitrogens with zero attached hydrogens (tertiary/aromatic N) is 4. The van der Waals surface area contributed by atoms with Gasteiger partial charge in [-0.1, -0.05) is 22.8 Å². The van der Waals surface area contributed by atoms with E-state index in [9.17, 15) is 13.2 Å². The van der Waals surface area contributed by atoms with Crippen LogP contribution >= 0.6 is 11.6 Å². The van der Waals surface area contributed by atoms with Crippen molar-refractivity contribution < 1.29 is 17.7 Å². The van der Waals surface area contributed by atoms with Crippen molar-refractivity contribution in [2.24, 2.45) is 0 Å². The van der Waals surface area contributed by atoms with Gasteiger partial charge in [0.15, 0.2) is 0 Å². The number of hydrogen-bond donors (Lipinski definition) is 0. The van der Waals surface area contributed by atoms with Crippen molar-refractivity contribution in [3.63, 3.8) is 0 Å². The lowest BCUT2D eigenvalue weighted by Crippen LogP contribution is -2.32. The zero-order chi connectivity index (χ0) is 26.8. The fourth-order valence-electron chi connectivity index (χ4n) is 6.03. The first-order valence-corrected chi connectivity index (χ1v) is 15.1. The van der Waals surface area contributed by atoms with E-state index in [4.69, 9.17) is 21.1 Å². The Bertz CT molecular complexity index is 1640. The highest BCUT2D eigenvalue weighted by molar-refractivity contribution is 7.91. The molecule has 1 amide bonds. The highest BCUT2D eigenvalue weighted by Crippen LogP contribution is 2.42. The van der Waals surface area contributed by atoms with Crippen LogP contribution in [-0.4, -0.2) is 40.5 Å². The third kappa shape index (κ3) is 4.31. The number of carbonyl (C=O) groups is 1. The standard InChI is InChI=1S/C28H29ClN4O4S/c1-16-12-20(29)15-22(13-16)32-25(6-7-26(32)34)28-30-23-14-19(27-17(2)31-37-18(27)3)4-5-24(23)33(28)21-8-10-38(35,36)11-9-21/h4-5,12-15,21,25H,6-11H2,1-3H3/t25-/m0/s1. The van der Waals surface area contributed by atoms with Crippen LogP contribution in [-0.2, 0) is 14.6 Å². The van der Waals surface area contributed by atoms with Crippen LogP contribution in [0, 0.1) is 20.8 Å². The van der Waals surface area contributed by atoms with E-state index in [0.29, 0.717) is 30.7 Å². The Labute approximate surface area is 226 Å². The van der Waals surface area contributed by atoms with Crippen molar-refractivity contribution in [1.29, 1.82) is 0 Å². The molecule has 2 aromatic heterocycles. The molecule has 2 aromatic carbocycles. The first-order chi connectivity index (χ1) is 18.1. The summed E-state index contributed by atoms with van der Waals surface area (Å²) in [6, 6.07) is 11.5. The van der Waals surface area contributed by atoms with Crippen molar-refractivity contribution in [1.82, 2.24) is 14.7 Å². The number of aryl methyl sites for hydroxylation is 3. The Kier molecular flexibility index (Phi) is 6.11. The fraction of sp³-hybridized carbons (Fsp3) is 0.393. The van der Waals surface area contributed by atoms with Crippen LogP contribution in [0.2, 0.25) is 5.02 Å². The average molecular weight is 553 g/mol. The molecule has 4 aromatic rings. The number of halogens is 1. The van der Waals surface area contributed by atoms with Gasteiger partial charge in [0, 0.05) is 28.7 Å². The first-order valence-electron chi connectivity index (χ1n) is 12.9. The van der Waals surface area contributed by atoms with Crippen LogP contribution in [0.4, 0.5) is 5.69 Å². The molecule has 0 radical (unpaired) electrons. The third-order valence-electron chi connectivity index (χ3n) is 7.74. The molecule has 0 aliphatic carbocycles. The van der Waals surface area contributed by atoms with E-state index in [1.54, 1.807) is 0 Å². The van der Waals surface area contributed by atoms with Gasteiger partial charge in [0.1, 0.15) is 21.4 Å². The summed E-state index contributed by atoms with van der Waals surface area (Å²) in [7, 11) is -3.04. The minimum Gasteiger partial charge on any atom is -0.361 e. The van der Waals surface area contributed by atoms with Gasteiger partial charge in [-0.2, -0.15) is 0 Å². The number of hydrogen-bond acceptors (Lipinski definition) is 6. The first kappa shape index (κ1) is 25.1. The van der Waals surface area contributed by atoms with Crippen molar-refractivity contribution in [3.8, 4) is 11.1 Å². The number of anilines is 1. The molecule has 0 unspecified atom stereocenters. The second-order valence-corrected chi connectivity index (χ2v) is 13.2. The van der Waals surface area contributed by atoms with E-state index in [0.717, 1.165) is 50.7 Å². The van der Waals surface area contributed by atoms with Gasteiger partial charge in [-0.25, -0.2) is 13.4 Å². The lowest BCUT2D eigenvalue weighted by atomic mass is 10.0. The van der Waals surface area contributed by atoms with E-state index in [1.807, 2.05) is 62.1 Å². The zero-order valence-corrected chi connectivity index (χ0v) is 23.1. The summed E-state index contributed by atoms with van der Waals surface area (Å²) in [6.07, 6.45) is 2.06. The van der Waals surface area contributed by atoms with Crippen LogP contribution in [0.25, 0.3) is 22.2 Å². The molecular weight excluding hydrogens is 524 g/mol. The normalized spacial score (nSPS) is 20.1. The number of imidazole rings is 1. The number of rotatable bonds is 4.